The van der Waals surface area contributed by atoms with E-state index in [2.05, 4.69) is 19.1 Å². The van der Waals surface area contributed by atoms with Gasteiger partial charge in [0.2, 0.25) is 0 Å². The number of hydrogen-bond donors (Lipinski definition) is 1. The van der Waals surface area contributed by atoms with Gasteiger partial charge in [-0.1, -0.05) is 43.4 Å². The second-order valence-electron chi connectivity index (χ2n) is 7.17. The fourth-order valence-corrected chi connectivity index (χ4v) is 3.57. The Balaban J connectivity index is 1.92. The topological polar surface area (TPSA) is 37.3 Å². The van der Waals surface area contributed by atoms with Gasteiger partial charge in [-0.2, -0.15) is 0 Å². The van der Waals surface area contributed by atoms with Crippen LogP contribution in [0.5, 0.6) is 0 Å². The van der Waals surface area contributed by atoms with E-state index >= 15 is 0 Å². The van der Waals surface area contributed by atoms with Crippen LogP contribution >= 0.6 is 0 Å². The lowest BCUT2D eigenvalue weighted by Crippen LogP contribution is -2.06. The van der Waals surface area contributed by atoms with Crippen LogP contribution in [0.3, 0.4) is 0 Å². The molecule has 2 heteroatoms. The average molecular weight is 322 g/mol. The van der Waals surface area contributed by atoms with Crippen LogP contribution in [0, 0.1) is 12.3 Å². The lowest BCUT2D eigenvalue weighted by molar-refractivity contribution is -0.132. The standard InChI is InChI=1S/C22H26O2/c1-3-4-6-19(21(23)24)15-18-7-5-8-20(16(18)2)17-9-11-22(12-10-17)13-14-22/h4-9,15H,3,10-14H2,1-2H3,(H,23,24)/b6-4+,19-15+. The first kappa shape index (κ1) is 16.8. The first-order chi connectivity index (χ1) is 11.5. The Morgan fingerprint density at radius 3 is 2.67 bits per heavy atom. The molecule has 0 bridgehead atoms. The summed E-state index contributed by atoms with van der Waals surface area (Å²) < 4.78 is 0. The molecular formula is C22H26O2. The maximum Gasteiger partial charge on any atom is 0.335 e. The highest BCUT2D eigenvalue weighted by atomic mass is 16.4. The number of carbonyl (C=O) groups is 1. The summed E-state index contributed by atoms with van der Waals surface area (Å²) in [7, 11) is 0. The second-order valence-corrected chi connectivity index (χ2v) is 7.17. The summed E-state index contributed by atoms with van der Waals surface area (Å²) in [6.07, 6.45) is 15.1. The van der Waals surface area contributed by atoms with Gasteiger partial charge in [-0.05, 0) is 79.2 Å². The molecule has 0 aromatic heterocycles. The maximum atomic E-state index is 11.5. The smallest absolute Gasteiger partial charge is 0.335 e. The third-order valence-corrected chi connectivity index (χ3v) is 5.48. The quantitative estimate of drug-likeness (QED) is 0.551. The zero-order valence-corrected chi connectivity index (χ0v) is 14.6. The average Bonchev–Trinajstić information content (AvgIpc) is 3.33. The molecule has 3 rings (SSSR count). The molecule has 24 heavy (non-hydrogen) atoms. The number of carboxylic acids is 1. The molecule has 0 heterocycles. The van der Waals surface area contributed by atoms with Crippen LogP contribution in [0.2, 0.25) is 0 Å². The maximum absolute atomic E-state index is 11.5. The molecular weight excluding hydrogens is 296 g/mol. The van der Waals surface area contributed by atoms with Crippen LogP contribution < -0.4 is 0 Å². The molecule has 0 radical (unpaired) electrons. The minimum atomic E-state index is -0.878. The van der Waals surface area contributed by atoms with Crippen molar-refractivity contribution in [2.75, 3.05) is 0 Å². The van der Waals surface area contributed by atoms with Gasteiger partial charge in [0.25, 0.3) is 0 Å². The van der Waals surface area contributed by atoms with Crippen LogP contribution in [0.15, 0.2) is 42.0 Å². The van der Waals surface area contributed by atoms with Crippen LogP contribution in [0.1, 0.15) is 62.1 Å². The summed E-state index contributed by atoms with van der Waals surface area (Å²) in [6, 6.07) is 6.22. The van der Waals surface area contributed by atoms with E-state index in [1.807, 2.05) is 25.1 Å². The van der Waals surface area contributed by atoms with E-state index in [4.69, 9.17) is 0 Å². The minimum Gasteiger partial charge on any atom is -0.478 e. The van der Waals surface area contributed by atoms with Gasteiger partial charge in [-0.15, -0.1) is 0 Å². The molecule has 2 aliphatic rings. The van der Waals surface area contributed by atoms with Gasteiger partial charge in [0.1, 0.15) is 0 Å². The monoisotopic (exact) mass is 322 g/mol. The summed E-state index contributed by atoms with van der Waals surface area (Å²) in [6.45, 7) is 4.11. The van der Waals surface area contributed by atoms with Crippen molar-refractivity contribution in [3.63, 3.8) is 0 Å². The molecule has 1 aromatic carbocycles. The third-order valence-electron chi connectivity index (χ3n) is 5.48. The Morgan fingerprint density at radius 1 is 1.29 bits per heavy atom. The molecule has 2 aliphatic carbocycles. The second kappa shape index (κ2) is 6.80. The fraction of sp³-hybridized carbons (Fsp3) is 0.409. The molecule has 1 N–H and O–H groups in total. The predicted octanol–water partition coefficient (Wildman–Crippen LogP) is 5.78. The van der Waals surface area contributed by atoms with E-state index in [-0.39, 0.29) is 0 Å². The van der Waals surface area contributed by atoms with Gasteiger partial charge in [0.15, 0.2) is 0 Å². The SMILES string of the molecule is CC/C=C/C(=C\c1cccc(C2=CCC3(CC2)CC3)c1C)C(=O)O. The summed E-state index contributed by atoms with van der Waals surface area (Å²) in [5.74, 6) is -0.878. The Labute approximate surface area is 144 Å². The van der Waals surface area contributed by atoms with E-state index in [1.54, 1.807) is 12.2 Å². The highest BCUT2D eigenvalue weighted by Gasteiger charge is 2.42. The largest absolute Gasteiger partial charge is 0.478 e. The predicted molar refractivity (Wildman–Crippen MR) is 99.7 cm³/mol. The van der Waals surface area contributed by atoms with Crippen molar-refractivity contribution in [1.82, 2.24) is 0 Å². The lowest BCUT2D eigenvalue weighted by Gasteiger charge is -2.22. The molecule has 1 aromatic rings. The summed E-state index contributed by atoms with van der Waals surface area (Å²) in [5, 5.41) is 9.40. The molecule has 0 aliphatic heterocycles. The van der Waals surface area contributed by atoms with Crippen LogP contribution in [-0.4, -0.2) is 11.1 Å². The molecule has 1 spiro atoms. The molecule has 0 unspecified atom stereocenters. The molecule has 126 valence electrons. The fourth-order valence-electron chi connectivity index (χ4n) is 3.57. The zero-order valence-electron chi connectivity index (χ0n) is 14.6. The number of aliphatic carboxylic acids is 1. The van der Waals surface area contributed by atoms with Gasteiger partial charge in [0.05, 0.1) is 5.57 Å². The number of carboxylic acid groups (broad SMARTS) is 1. The summed E-state index contributed by atoms with van der Waals surface area (Å²) in [4.78, 5) is 11.5. The molecule has 1 fully saturated rings. The van der Waals surface area contributed by atoms with E-state index in [0.717, 1.165) is 18.4 Å². The number of rotatable bonds is 5. The summed E-state index contributed by atoms with van der Waals surface area (Å²) >= 11 is 0. The van der Waals surface area contributed by atoms with Crippen molar-refractivity contribution in [2.24, 2.45) is 5.41 Å². The van der Waals surface area contributed by atoms with E-state index in [1.165, 1.54) is 42.4 Å². The first-order valence-electron chi connectivity index (χ1n) is 8.95. The molecule has 0 amide bonds. The summed E-state index contributed by atoms with van der Waals surface area (Å²) in [5.41, 5.74) is 5.87. The zero-order chi connectivity index (χ0) is 17.2. The van der Waals surface area contributed by atoms with E-state index in [0.29, 0.717) is 11.0 Å². The van der Waals surface area contributed by atoms with Crippen LogP contribution in [0.4, 0.5) is 0 Å². The number of hydrogen-bond acceptors (Lipinski definition) is 1. The molecule has 0 atom stereocenters. The Bertz CT molecular complexity index is 730. The van der Waals surface area contributed by atoms with Crippen LogP contribution in [0.25, 0.3) is 11.6 Å². The first-order valence-corrected chi connectivity index (χ1v) is 8.95. The van der Waals surface area contributed by atoms with Gasteiger partial charge < -0.3 is 5.11 Å². The van der Waals surface area contributed by atoms with Gasteiger partial charge >= 0.3 is 5.97 Å². The van der Waals surface area contributed by atoms with Crippen molar-refractivity contribution in [3.05, 3.63) is 58.7 Å². The van der Waals surface area contributed by atoms with Crippen molar-refractivity contribution in [3.8, 4) is 0 Å². The van der Waals surface area contributed by atoms with E-state index in [9.17, 15) is 9.90 Å². The van der Waals surface area contributed by atoms with Crippen molar-refractivity contribution >= 4 is 17.6 Å². The van der Waals surface area contributed by atoms with E-state index < -0.39 is 5.97 Å². The minimum absolute atomic E-state index is 0.339. The van der Waals surface area contributed by atoms with Crippen molar-refractivity contribution in [2.45, 2.75) is 52.4 Å². The van der Waals surface area contributed by atoms with Crippen molar-refractivity contribution in [1.29, 1.82) is 0 Å². The molecule has 2 nitrogen and oxygen atoms in total. The lowest BCUT2D eigenvalue weighted by atomic mass is 9.82. The molecule has 1 saturated carbocycles. The third kappa shape index (κ3) is 3.53. The van der Waals surface area contributed by atoms with Gasteiger partial charge in [0, 0.05) is 0 Å². The Hall–Kier alpha value is -2.09. The number of benzene rings is 1. The Morgan fingerprint density at radius 2 is 2.08 bits per heavy atom. The van der Waals surface area contributed by atoms with Gasteiger partial charge in [-0.25, -0.2) is 4.79 Å². The Kier molecular flexibility index (Phi) is 4.75. The van der Waals surface area contributed by atoms with Crippen LogP contribution in [-0.2, 0) is 4.79 Å². The molecule has 0 saturated heterocycles. The number of allylic oxidation sites excluding steroid dienone is 3. The highest BCUT2D eigenvalue weighted by Crippen LogP contribution is 2.56. The van der Waals surface area contributed by atoms with Crippen molar-refractivity contribution < 1.29 is 9.90 Å². The highest BCUT2D eigenvalue weighted by molar-refractivity contribution is 5.95. The van der Waals surface area contributed by atoms with Gasteiger partial charge in [-0.3, -0.25) is 0 Å². The normalized spacial score (nSPS) is 19.6.